The van der Waals surface area contributed by atoms with Gasteiger partial charge in [0, 0.05) is 22.6 Å². The van der Waals surface area contributed by atoms with E-state index in [1.54, 1.807) is 6.92 Å². The van der Waals surface area contributed by atoms with Gasteiger partial charge in [0.15, 0.2) is 0 Å². The Morgan fingerprint density at radius 1 is 1.48 bits per heavy atom. The molecule has 0 radical (unpaired) electrons. The zero-order valence-corrected chi connectivity index (χ0v) is 14.8. The molecule has 3 N–H and O–H groups in total. The molecule has 2 amide bonds. The van der Waals surface area contributed by atoms with Crippen LogP contribution < -0.4 is 0 Å². The van der Waals surface area contributed by atoms with Gasteiger partial charge in [-0.2, -0.15) is 0 Å². The fourth-order valence-electron chi connectivity index (χ4n) is 4.15. The SMILES string of the molecule is CC(O)C1C(=O)N2C(C(=O)O)=C(SC3CC(CO)N(C=O)C3)C(C)C12. The van der Waals surface area contributed by atoms with Crippen LogP contribution in [-0.2, 0) is 14.4 Å². The number of aliphatic hydroxyl groups is 2. The van der Waals surface area contributed by atoms with Gasteiger partial charge in [-0.15, -0.1) is 11.8 Å². The number of hydrogen-bond acceptors (Lipinski definition) is 6. The topological polar surface area (TPSA) is 118 Å². The van der Waals surface area contributed by atoms with Crippen LogP contribution in [0.5, 0.6) is 0 Å². The van der Waals surface area contributed by atoms with E-state index >= 15 is 0 Å². The molecular formula is C16H22N2O6S. The summed E-state index contributed by atoms with van der Waals surface area (Å²) in [6.45, 7) is 3.71. The molecule has 3 rings (SSSR count). The molecule has 25 heavy (non-hydrogen) atoms. The molecule has 2 saturated heterocycles. The Kier molecular flexibility index (Phi) is 4.82. The van der Waals surface area contributed by atoms with E-state index in [0.29, 0.717) is 24.3 Å². The third-order valence-electron chi connectivity index (χ3n) is 5.37. The maximum Gasteiger partial charge on any atom is 0.353 e. The van der Waals surface area contributed by atoms with Gasteiger partial charge in [-0.05, 0) is 13.3 Å². The van der Waals surface area contributed by atoms with Crippen LogP contribution in [0.2, 0.25) is 0 Å². The number of rotatable bonds is 6. The van der Waals surface area contributed by atoms with Gasteiger partial charge in [0.2, 0.25) is 12.3 Å². The Morgan fingerprint density at radius 3 is 2.64 bits per heavy atom. The lowest BCUT2D eigenvalue weighted by Crippen LogP contribution is -2.63. The average molecular weight is 370 g/mol. The molecule has 0 aromatic heterocycles. The summed E-state index contributed by atoms with van der Waals surface area (Å²) in [5.41, 5.74) is -0.00509. The summed E-state index contributed by atoms with van der Waals surface area (Å²) in [7, 11) is 0. The van der Waals surface area contributed by atoms with Crippen molar-refractivity contribution in [3.05, 3.63) is 10.6 Å². The van der Waals surface area contributed by atoms with Crippen molar-refractivity contribution >= 4 is 30.0 Å². The summed E-state index contributed by atoms with van der Waals surface area (Å²) < 4.78 is 0. The molecule has 6 atom stereocenters. The molecule has 8 nitrogen and oxygen atoms in total. The number of aliphatic carboxylic acids is 1. The third-order valence-corrected chi connectivity index (χ3v) is 6.86. The number of amides is 2. The molecule has 0 bridgehead atoms. The lowest BCUT2D eigenvalue weighted by molar-refractivity contribution is -0.163. The van der Waals surface area contributed by atoms with Crippen molar-refractivity contribution in [2.45, 2.75) is 43.7 Å². The highest BCUT2D eigenvalue weighted by Gasteiger charge is 2.60. The van der Waals surface area contributed by atoms with Crippen LogP contribution in [0.15, 0.2) is 10.6 Å². The van der Waals surface area contributed by atoms with Crippen molar-refractivity contribution in [3.63, 3.8) is 0 Å². The van der Waals surface area contributed by atoms with Gasteiger partial charge in [-0.1, -0.05) is 6.92 Å². The zero-order valence-electron chi connectivity index (χ0n) is 14.0. The summed E-state index contributed by atoms with van der Waals surface area (Å²) >= 11 is 1.37. The lowest BCUT2D eigenvalue weighted by atomic mass is 9.79. The van der Waals surface area contributed by atoms with Crippen molar-refractivity contribution in [3.8, 4) is 0 Å². The van der Waals surface area contributed by atoms with E-state index in [1.165, 1.54) is 21.6 Å². The Hall–Kier alpha value is -1.58. The van der Waals surface area contributed by atoms with Gasteiger partial charge < -0.3 is 25.1 Å². The molecule has 3 aliphatic rings. The first-order chi connectivity index (χ1) is 11.8. The maximum absolute atomic E-state index is 12.3. The van der Waals surface area contributed by atoms with Gasteiger partial charge in [0.05, 0.1) is 30.7 Å². The molecule has 3 aliphatic heterocycles. The predicted molar refractivity (Wildman–Crippen MR) is 89.3 cm³/mol. The molecular weight excluding hydrogens is 348 g/mol. The summed E-state index contributed by atoms with van der Waals surface area (Å²) in [6.07, 6.45) is 0.444. The minimum Gasteiger partial charge on any atom is -0.477 e. The van der Waals surface area contributed by atoms with E-state index in [-0.39, 0.29) is 41.5 Å². The molecule has 0 aliphatic carbocycles. The molecule has 0 saturated carbocycles. The molecule has 3 heterocycles. The van der Waals surface area contributed by atoms with Gasteiger partial charge in [0.1, 0.15) is 5.70 Å². The van der Waals surface area contributed by atoms with Crippen LogP contribution in [0.4, 0.5) is 0 Å². The highest BCUT2D eigenvalue weighted by Crippen LogP contribution is 2.52. The van der Waals surface area contributed by atoms with Crippen LogP contribution in [0.1, 0.15) is 20.3 Å². The third kappa shape index (κ3) is 2.74. The largest absolute Gasteiger partial charge is 0.477 e. The van der Waals surface area contributed by atoms with Crippen molar-refractivity contribution in [2.24, 2.45) is 11.8 Å². The number of β-lactam (4-membered cyclic amide) rings is 1. The molecule has 0 spiro atoms. The van der Waals surface area contributed by atoms with E-state index in [4.69, 9.17) is 0 Å². The molecule has 0 aromatic carbocycles. The van der Waals surface area contributed by atoms with Gasteiger partial charge in [-0.3, -0.25) is 9.59 Å². The van der Waals surface area contributed by atoms with Crippen molar-refractivity contribution in [2.75, 3.05) is 13.2 Å². The first kappa shape index (κ1) is 18.2. The Bertz CT molecular complexity index is 636. The van der Waals surface area contributed by atoms with Gasteiger partial charge in [-0.25, -0.2) is 4.79 Å². The van der Waals surface area contributed by atoms with Crippen molar-refractivity contribution in [1.29, 1.82) is 0 Å². The van der Waals surface area contributed by atoms with Crippen molar-refractivity contribution < 1.29 is 29.7 Å². The summed E-state index contributed by atoms with van der Waals surface area (Å²) in [4.78, 5) is 38.6. The number of hydrogen-bond donors (Lipinski definition) is 3. The van der Waals surface area contributed by atoms with E-state index in [1.807, 2.05) is 6.92 Å². The number of carbonyl (C=O) groups is 3. The van der Waals surface area contributed by atoms with Crippen LogP contribution in [0, 0.1) is 11.8 Å². The minimum atomic E-state index is -1.15. The molecule has 2 fully saturated rings. The molecule has 138 valence electrons. The lowest BCUT2D eigenvalue weighted by Gasteiger charge is -2.46. The minimum absolute atomic E-state index is 0.00509. The fraction of sp³-hybridized carbons (Fsp3) is 0.688. The van der Waals surface area contributed by atoms with Gasteiger partial charge >= 0.3 is 5.97 Å². The monoisotopic (exact) mass is 370 g/mol. The summed E-state index contributed by atoms with van der Waals surface area (Å²) in [6, 6.07) is -0.595. The van der Waals surface area contributed by atoms with Gasteiger partial charge in [0.25, 0.3) is 0 Å². The first-order valence-electron chi connectivity index (χ1n) is 8.28. The molecule has 0 aromatic rings. The highest BCUT2D eigenvalue weighted by molar-refractivity contribution is 8.03. The van der Waals surface area contributed by atoms with Crippen LogP contribution in [-0.4, -0.2) is 80.0 Å². The maximum atomic E-state index is 12.3. The second-order valence-electron chi connectivity index (χ2n) is 6.89. The van der Waals surface area contributed by atoms with Crippen LogP contribution in [0.3, 0.4) is 0 Å². The second-order valence-corrected chi connectivity index (χ2v) is 8.23. The number of thioether (sulfide) groups is 1. The van der Waals surface area contributed by atoms with E-state index in [2.05, 4.69) is 0 Å². The highest BCUT2D eigenvalue weighted by atomic mass is 32.2. The predicted octanol–water partition coefficient (Wildman–Crippen LogP) is -0.535. The van der Waals surface area contributed by atoms with Crippen molar-refractivity contribution in [1.82, 2.24) is 9.80 Å². The van der Waals surface area contributed by atoms with E-state index in [9.17, 15) is 29.7 Å². The fourth-order valence-corrected chi connectivity index (χ4v) is 5.73. The van der Waals surface area contributed by atoms with E-state index < -0.39 is 18.0 Å². The number of nitrogens with zero attached hydrogens (tertiary/aromatic N) is 2. The van der Waals surface area contributed by atoms with E-state index in [0.717, 1.165) is 0 Å². The number of aliphatic hydroxyl groups excluding tert-OH is 2. The number of carboxylic acid groups (broad SMARTS) is 1. The Balaban J connectivity index is 1.84. The van der Waals surface area contributed by atoms with Crippen LogP contribution in [0.25, 0.3) is 0 Å². The molecule has 6 unspecified atom stereocenters. The quantitative estimate of drug-likeness (QED) is 0.425. The normalized spacial score (nSPS) is 35.7. The second kappa shape index (κ2) is 6.62. The Morgan fingerprint density at radius 2 is 2.16 bits per heavy atom. The Labute approximate surface area is 149 Å². The number of likely N-dealkylation sites (tertiary alicyclic amines) is 1. The average Bonchev–Trinajstić information content (AvgIpc) is 3.05. The zero-order chi connectivity index (χ0) is 18.5. The van der Waals surface area contributed by atoms with Crippen LogP contribution >= 0.6 is 11.8 Å². The smallest absolute Gasteiger partial charge is 0.353 e. The first-order valence-corrected chi connectivity index (χ1v) is 9.16. The number of fused-ring (bicyclic) bond motifs is 1. The number of carbonyl (C=O) groups excluding carboxylic acids is 2. The number of carboxylic acids is 1. The standard InChI is InChI=1S/C16H22N2O6S/c1-7-12-11(8(2)21)15(22)18(12)13(16(23)24)14(7)25-10-3-9(5-19)17(4-10)6-20/h6-12,19,21H,3-5H2,1-2H3,(H,23,24). The summed E-state index contributed by atoms with van der Waals surface area (Å²) in [5.74, 6) is -2.28. The summed E-state index contributed by atoms with van der Waals surface area (Å²) in [5, 5.41) is 28.8. The molecule has 9 heteroatoms.